The molecule has 0 spiro atoms. The molecule has 0 aliphatic heterocycles. The van der Waals surface area contributed by atoms with E-state index in [1.807, 2.05) is 12.1 Å². The fourth-order valence-corrected chi connectivity index (χ4v) is 2.55. The van der Waals surface area contributed by atoms with Gasteiger partial charge in [0.1, 0.15) is 0 Å². The summed E-state index contributed by atoms with van der Waals surface area (Å²) in [5.74, 6) is 0. The number of rotatable bonds is 3. The zero-order valence-electron chi connectivity index (χ0n) is 11.3. The third-order valence-electron chi connectivity index (χ3n) is 3.53. The van der Waals surface area contributed by atoms with Gasteiger partial charge in [-0.3, -0.25) is 0 Å². The fraction of sp³-hybridized carbons (Fsp3) is 0.111. The van der Waals surface area contributed by atoms with Crippen LogP contribution in [0, 0.1) is 0 Å². The van der Waals surface area contributed by atoms with Gasteiger partial charge < -0.3 is 5.32 Å². The van der Waals surface area contributed by atoms with Gasteiger partial charge in [0.05, 0.1) is 0 Å². The summed E-state index contributed by atoms with van der Waals surface area (Å²) in [6.07, 6.45) is 0. The summed E-state index contributed by atoms with van der Waals surface area (Å²) in [7, 11) is 0. The van der Waals surface area contributed by atoms with Crippen LogP contribution in [0.3, 0.4) is 0 Å². The van der Waals surface area contributed by atoms with Crippen LogP contribution in [0.1, 0.15) is 18.5 Å². The number of hydrogen-bond acceptors (Lipinski definition) is 1. The minimum Gasteiger partial charge on any atom is -0.378 e. The molecule has 0 heterocycles. The predicted molar refractivity (Wildman–Crippen MR) is 87.4 cm³/mol. The summed E-state index contributed by atoms with van der Waals surface area (Å²) in [6, 6.07) is 23.0. The molecule has 0 amide bonds. The Morgan fingerprint density at radius 3 is 2.35 bits per heavy atom. The van der Waals surface area contributed by atoms with Crippen LogP contribution in [0.15, 0.2) is 66.7 Å². The van der Waals surface area contributed by atoms with Gasteiger partial charge in [0.25, 0.3) is 0 Å². The second kappa shape index (κ2) is 5.56. The first kappa shape index (κ1) is 13.0. The SMILES string of the molecule is CC(Nc1cccc2ccccc12)c1ccc(Cl)cc1. The van der Waals surface area contributed by atoms with Gasteiger partial charge in [0.15, 0.2) is 0 Å². The average molecular weight is 282 g/mol. The Hall–Kier alpha value is -1.99. The summed E-state index contributed by atoms with van der Waals surface area (Å²) in [6.45, 7) is 2.16. The van der Waals surface area contributed by atoms with E-state index in [-0.39, 0.29) is 6.04 Å². The largest absolute Gasteiger partial charge is 0.378 e. The van der Waals surface area contributed by atoms with E-state index in [1.54, 1.807) is 0 Å². The third kappa shape index (κ3) is 2.63. The number of nitrogens with one attached hydrogen (secondary N) is 1. The Bertz CT molecular complexity index is 714. The molecule has 3 aromatic rings. The van der Waals surface area contributed by atoms with Gasteiger partial charge in [0, 0.05) is 22.1 Å². The first-order chi connectivity index (χ1) is 9.74. The van der Waals surface area contributed by atoms with Crippen molar-refractivity contribution in [3.63, 3.8) is 0 Å². The molecule has 0 radical (unpaired) electrons. The third-order valence-corrected chi connectivity index (χ3v) is 3.78. The average Bonchev–Trinajstić information content (AvgIpc) is 2.48. The molecule has 3 aromatic carbocycles. The smallest absolute Gasteiger partial charge is 0.0485 e. The fourth-order valence-electron chi connectivity index (χ4n) is 2.42. The number of fused-ring (bicyclic) bond motifs is 1. The minimum atomic E-state index is 0.234. The number of benzene rings is 3. The molecule has 1 unspecified atom stereocenters. The van der Waals surface area contributed by atoms with E-state index in [1.165, 1.54) is 16.3 Å². The van der Waals surface area contributed by atoms with E-state index in [4.69, 9.17) is 11.6 Å². The van der Waals surface area contributed by atoms with Crippen molar-refractivity contribution in [2.45, 2.75) is 13.0 Å². The second-order valence-electron chi connectivity index (χ2n) is 4.94. The Morgan fingerprint density at radius 2 is 1.55 bits per heavy atom. The molecule has 0 bridgehead atoms. The molecule has 1 N–H and O–H groups in total. The van der Waals surface area contributed by atoms with Gasteiger partial charge in [-0.05, 0) is 36.1 Å². The van der Waals surface area contributed by atoms with Crippen LogP contribution in [0.25, 0.3) is 10.8 Å². The van der Waals surface area contributed by atoms with Crippen molar-refractivity contribution in [2.24, 2.45) is 0 Å². The Kier molecular flexibility index (Phi) is 3.62. The second-order valence-corrected chi connectivity index (χ2v) is 5.38. The maximum atomic E-state index is 5.93. The lowest BCUT2D eigenvalue weighted by Gasteiger charge is -2.17. The Balaban J connectivity index is 1.91. The maximum absolute atomic E-state index is 5.93. The standard InChI is InChI=1S/C18H16ClN/c1-13(14-9-11-16(19)12-10-14)20-18-8-4-6-15-5-2-3-7-17(15)18/h2-13,20H,1H3. The molecule has 0 aliphatic carbocycles. The summed E-state index contributed by atoms with van der Waals surface area (Å²) in [5, 5.41) is 6.84. The van der Waals surface area contributed by atoms with E-state index in [0.717, 1.165) is 10.7 Å². The minimum absolute atomic E-state index is 0.234. The molecule has 3 rings (SSSR count). The van der Waals surface area contributed by atoms with Gasteiger partial charge in [-0.25, -0.2) is 0 Å². The van der Waals surface area contributed by atoms with Crippen LogP contribution in [0.2, 0.25) is 5.02 Å². The number of anilines is 1. The molecule has 0 saturated carbocycles. The maximum Gasteiger partial charge on any atom is 0.0485 e. The predicted octanol–water partition coefficient (Wildman–Crippen LogP) is 5.67. The highest BCUT2D eigenvalue weighted by molar-refractivity contribution is 6.30. The Labute approximate surface area is 124 Å². The van der Waals surface area contributed by atoms with Crippen molar-refractivity contribution < 1.29 is 0 Å². The van der Waals surface area contributed by atoms with E-state index in [9.17, 15) is 0 Å². The van der Waals surface area contributed by atoms with Crippen molar-refractivity contribution in [1.29, 1.82) is 0 Å². The van der Waals surface area contributed by atoms with Gasteiger partial charge in [-0.15, -0.1) is 0 Å². The monoisotopic (exact) mass is 281 g/mol. The zero-order valence-corrected chi connectivity index (χ0v) is 12.1. The van der Waals surface area contributed by atoms with Crippen molar-refractivity contribution in [3.05, 3.63) is 77.3 Å². The normalized spacial score (nSPS) is 12.3. The topological polar surface area (TPSA) is 12.0 Å². The molecule has 0 fully saturated rings. The molecule has 0 aromatic heterocycles. The van der Waals surface area contributed by atoms with Gasteiger partial charge in [-0.1, -0.05) is 60.1 Å². The highest BCUT2D eigenvalue weighted by atomic mass is 35.5. The van der Waals surface area contributed by atoms with Crippen LogP contribution in [-0.2, 0) is 0 Å². The van der Waals surface area contributed by atoms with Crippen molar-refractivity contribution in [3.8, 4) is 0 Å². The van der Waals surface area contributed by atoms with Crippen LogP contribution < -0.4 is 5.32 Å². The molecular formula is C18H16ClN. The van der Waals surface area contributed by atoms with Crippen LogP contribution in [0.5, 0.6) is 0 Å². The van der Waals surface area contributed by atoms with E-state index in [0.29, 0.717) is 0 Å². The van der Waals surface area contributed by atoms with Crippen LogP contribution >= 0.6 is 11.6 Å². The number of hydrogen-bond donors (Lipinski definition) is 1. The molecule has 1 nitrogen and oxygen atoms in total. The van der Waals surface area contributed by atoms with Gasteiger partial charge in [0.2, 0.25) is 0 Å². The van der Waals surface area contributed by atoms with Crippen molar-refractivity contribution >= 4 is 28.1 Å². The van der Waals surface area contributed by atoms with Crippen LogP contribution in [0.4, 0.5) is 5.69 Å². The molecule has 100 valence electrons. The van der Waals surface area contributed by atoms with E-state index >= 15 is 0 Å². The lowest BCUT2D eigenvalue weighted by molar-refractivity contribution is 0.887. The zero-order chi connectivity index (χ0) is 13.9. The lowest BCUT2D eigenvalue weighted by Crippen LogP contribution is -2.06. The summed E-state index contributed by atoms with van der Waals surface area (Å²) in [5.41, 5.74) is 2.38. The van der Waals surface area contributed by atoms with Crippen molar-refractivity contribution in [1.82, 2.24) is 0 Å². The number of halogens is 1. The quantitative estimate of drug-likeness (QED) is 0.652. The van der Waals surface area contributed by atoms with E-state index < -0.39 is 0 Å². The van der Waals surface area contributed by atoms with Gasteiger partial charge in [-0.2, -0.15) is 0 Å². The summed E-state index contributed by atoms with van der Waals surface area (Å²) in [4.78, 5) is 0. The Morgan fingerprint density at radius 1 is 0.850 bits per heavy atom. The van der Waals surface area contributed by atoms with E-state index in [2.05, 4.69) is 66.8 Å². The first-order valence-electron chi connectivity index (χ1n) is 6.74. The molecular weight excluding hydrogens is 266 g/mol. The molecule has 0 saturated heterocycles. The molecule has 1 atom stereocenters. The lowest BCUT2D eigenvalue weighted by atomic mass is 10.1. The summed E-state index contributed by atoms with van der Waals surface area (Å²) < 4.78 is 0. The highest BCUT2D eigenvalue weighted by Crippen LogP contribution is 2.27. The summed E-state index contributed by atoms with van der Waals surface area (Å²) >= 11 is 5.93. The molecule has 2 heteroatoms. The highest BCUT2D eigenvalue weighted by Gasteiger charge is 2.07. The molecule has 20 heavy (non-hydrogen) atoms. The van der Waals surface area contributed by atoms with Gasteiger partial charge >= 0.3 is 0 Å². The van der Waals surface area contributed by atoms with Crippen molar-refractivity contribution in [2.75, 3.05) is 5.32 Å². The first-order valence-corrected chi connectivity index (χ1v) is 7.11. The molecule has 0 aliphatic rings. The van der Waals surface area contributed by atoms with Crippen LogP contribution in [-0.4, -0.2) is 0 Å².